The summed E-state index contributed by atoms with van der Waals surface area (Å²) in [7, 11) is 0. The van der Waals surface area contributed by atoms with Crippen molar-refractivity contribution in [3.8, 4) is 5.75 Å². The molecule has 0 spiro atoms. The zero-order valence-corrected chi connectivity index (χ0v) is 14.8. The first-order chi connectivity index (χ1) is 13.4. The number of nitrogens with two attached hydrogens (primary N) is 1. The molecule has 9 nitrogen and oxygen atoms in total. The van der Waals surface area contributed by atoms with E-state index in [4.69, 9.17) is 10.5 Å². The molecule has 28 heavy (non-hydrogen) atoms. The molecule has 2 aromatic rings. The van der Waals surface area contributed by atoms with Crippen LogP contribution in [0.1, 0.15) is 26.3 Å². The maximum atomic E-state index is 12.3. The maximum Gasteiger partial charge on any atom is 0.255 e. The number of primary amides is 1. The fourth-order valence-electron chi connectivity index (χ4n) is 2.60. The Bertz CT molecular complexity index is 957. The molecule has 0 bridgehead atoms. The summed E-state index contributed by atoms with van der Waals surface area (Å²) in [5.74, 6) is -1.83. The van der Waals surface area contributed by atoms with Crippen LogP contribution < -0.4 is 26.4 Å². The standard InChI is InChI=1S/C19H18N4O5/c20-18(26)11-5-6-12-10-28-15-4-2-1-3-13(15)19(27)22-8-16(24)21-9-17(25)23-14(12)7-11/h1-7H,8-10H2,(H2,20,26)(H,21,24)(H,22,27)(H,23,25). The van der Waals surface area contributed by atoms with Crippen LogP contribution in [0.15, 0.2) is 42.5 Å². The topological polar surface area (TPSA) is 140 Å². The molecule has 0 aromatic heterocycles. The van der Waals surface area contributed by atoms with Crippen LogP contribution in [0, 0.1) is 0 Å². The summed E-state index contributed by atoms with van der Waals surface area (Å²) in [6.45, 7) is -0.555. The lowest BCUT2D eigenvalue weighted by Gasteiger charge is -2.16. The van der Waals surface area contributed by atoms with E-state index in [1.54, 1.807) is 30.3 Å². The van der Waals surface area contributed by atoms with Gasteiger partial charge in [0.1, 0.15) is 12.4 Å². The van der Waals surface area contributed by atoms with Crippen molar-refractivity contribution in [1.29, 1.82) is 0 Å². The van der Waals surface area contributed by atoms with E-state index in [1.807, 2.05) is 0 Å². The molecule has 3 rings (SSSR count). The van der Waals surface area contributed by atoms with Gasteiger partial charge >= 0.3 is 0 Å². The minimum atomic E-state index is -0.646. The number of fused-ring (bicyclic) bond motifs is 2. The van der Waals surface area contributed by atoms with Gasteiger partial charge < -0.3 is 26.4 Å². The van der Waals surface area contributed by atoms with Crippen molar-refractivity contribution in [1.82, 2.24) is 10.6 Å². The van der Waals surface area contributed by atoms with Gasteiger partial charge in [0.15, 0.2) is 0 Å². The van der Waals surface area contributed by atoms with E-state index in [2.05, 4.69) is 16.0 Å². The van der Waals surface area contributed by atoms with E-state index >= 15 is 0 Å². The molecule has 1 heterocycles. The van der Waals surface area contributed by atoms with E-state index in [1.165, 1.54) is 12.1 Å². The van der Waals surface area contributed by atoms with Crippen molar-refractivity contribution in [2.45, 2.75) is 6.61 Å². The molecule has 0 fully saturated rings. The summed E-state index contributed by atoms with van der Waals surface area (Å²) in [5.41, 5.74) is 6.68. The molecule has 144 valence electrons. The van der Waals surface area contributed by atoms with Crippen molar-refractivity contribution in [2.75, 3.05) is 18.4 Å². The van der Waals surface area contributed by atoms with E-state index < -0.39 is 23.6 Å². The Labute approximate surface area is 160 Å². The molecule has 0 atom stereocenters. The van der Waals surface area contributed by atoms with Crippen LogP contribution >= 0.6 is 0 Å². The predicted octanol–water partition coefficient (Wildman–Crippen LogP) is 0.163. The number of ether oxygens (including phenoxy) is 1. The Morgan fingerprint density at radius 1 is 0.964 bits per heavy atom. The number of para-hydroxylation sites is 1. The van der Waals surface area contributed by atoms with Gasteiger partial charge in [0.2, 0.25) is 17.7 Å². The second-order valence-electron chi connectivity index (χ2n) is 6.03. The predicted molar refractivity (Wildman–Crippen MR) is 99.7 cm³/mol. The molecule has 9 heteroatoms. The van der Waals surface area contributed by atoms with Gasteiger partial charge in [0.05, 0.1) is 18.7 Å². The zero-order chi connectivity index (χ0) is 20.1. The molecule has 1 aliphatic heterocycles. The summed E-state index contributed by atoms with van der Waals surface area (Å²) in [6.07, 6.45) is 0. The summed E-state index contributed by atoms with van der Waals surface area (Å²) >= 11 is 0. The molecule has 5 N–H and O–H groups in total. The van der Waals surface area contributed by atoms with Gasteiger partial charge in [-0.05, 0) is 24.3 Å². The lowest BCUT2D eigenvalue weighted by molar-refractivity contribution is -0.123. The molecule has 4 amide bonds. The average Bonchev–Trinajstić information content (AvgIpc) is 2.69. The summed E-state index contributed by atoms with van der Waals surface area (Å²) < 4.78 is 5.76. The third-order valence-electron chi connectivity index (χ3n) is 4.04. The van der Waals surface area contributed by atoms with Gasteiger partial charge in [-0.2, -0.15) is 0 Å². The van der Waals surface area contributed by atoms with E-state index in [0.717, 1.165) is 0 Å². The first kappa shape index (κ1) is 18.9. The largest absolute Gasteiger partial charge is 0.488 e. The van der Waals surface area contributed by atoms with E-state index in [9.17, 15) is 19.2 Å². The van der Waals surface area contributed by atoms with Crippen molar-refractivity contribution in [3.05, 3.63) is 59.2 Å². The number of nitrogens with one attached hydrogen (secondary N) is 3. The minimum Gasteiger partial charge on any atom is -0.488 e. The van der Waals surface area contributed by atoms with Crippen LogP contribution in [-0.2, 0) is 16.2 Å². The van der Waals surface area contributed by atoms with Gasteiger partial charge in [-0.3, -0.25) is 19.2 Å². The average molecular weight is 382 g/mol. The third-order valence-corrected chi connectivity index (χ3v) is 4.04. The third kappa shape index (κ3) is 4.44. The number of carbonyl (C=O) groups is 4. The van der Waals surface area contributed by atoms with Crippen molar-refractivity contribution >= 4 is 29.3 Å². The number of rotatable bonds is 1. The number of carbonyl (C=O) groups excluding carboxylic acids is 4. The molecule has 0 aliphatic carbocycles. The number of anilines is 1. The molecule has 0 unspecified atom stereocenters. The lowest BCUT2D eigenvalue weighted by atomic mass is 10.1. The van der Waals surface area contributed by atoms with Crippen LogP contribution in [0.2, 0.25) is 0 Å². The molecule has 0 radical (unpaired) electrons. The van der Waals surface area contributed by atoms with Crippen LogP contribution in [0.4, 0.5) is 5.69 Å². The molecule has 2 aromatic carbocycles. The Hall–Kier alpha value is -3.88. The first-order valence-electron chi connectivity index (χ1n) is 8.43. The highest BCUT2D eigenvalue weighted by Crippen LogP contribution is 2.23. The first-order valence-corrected chi connectivity index (χ1v) is 8.43. The maximum absolute atomic E-state index is 12.3. The SMILES string of the molecule is NC(=O)c1ccc2c(c1)NC(=O)CNC(=O)CNC(=O)c1ccccc1OC2. The molecule has 1 aliphatic rings. The van der Waals surface area contributed by atoms with Crippen molar-refractivity contribution in [3.63, 3.8) is 0 Å². The van der Waals surface area contributed by atoms with Crippen molar-refractivity contribution in [2.24, 2.45) is 5.73 Å². The lowest BCUT2D eigenvalue weighted by Crippen LogP contribution is -2.40. The van der Waals surface area contributed by atoms with E-state index in [-0.39, 0.29) is 30.8 Å². The summed E-state index contributed by atoms with van der Waals surface area (Å²) in [5, 5.41) is 7.53. The Kier molecular flexibility index (Phi) is 5.54. The van der Waals surface area contributed by atoms with Gasteiger partial charge in [0.25, 0.3) is 5.91 Å². The molecule has 0 saturated heterocycles. The zero-order valence-electron chi connectivity index (χ0n) is 14.8. The van der Waals surface area contributed by atoms with Crippen molar-refractivity contribution < 1.29 is 23.9 Å². The Balaban J connectivity index is 1.97. The number of benzene rings is 2. The molecular weight excluding hydrogens is 364 g/mol. The fourth-order valence-corrected chi connectivity index (χ4v) is 2.60. The van der Waals surface area contributed by atoms with Gasteiger partial charge in [-0.1, -0.05) is 18.2 Å². The highest BCUT2D eigenvalue weighted by atomic mass is 16.5. The Morgan fingerprint density at radius 2 is 1.71 bits per heavy atom. The Morgan fingerprint density at radius 3 is 2.50 bits per heavy atom. The molecule has 0 saturated carbocycles. The number of hydrogen-bond donors (Lipinski definition) is 4. The van der Waals surface area contributed by atoms with E-state index in [0.29, 0.717) is 17.0 Å². The van der Waals surface area contributed by atoms with Crippen LogP contribution in [0.25, 0.3) is 0 Å². The fraction of sp³-hybridized carbons (Fsp3) is 0.158. The molecular formula is C19H18N4O5. The normalized spacial score (nSPS) is 14.9. The van der Waals surface area contributed by atoms with Crippen LogP contribution in [-0.4, -0.2) is 36.7 Å². The van der Waals surface area contributed by atoms with Crippen LogP contribution in [0.3, 0.4) is 0 Å². The van der Waals surface area contributed by atoms with Gasteiger partial charge in [0, 0.05) is 16.8 Å². The minimum absolute atomic E-state index is 0.0330. The van der Waals surface area contributed by atoms with Gasteiger partial charge in [-0.15, -0.1) is 0 Å². The second-order valence-corrected chi connectivity index (χ2v) is 6.03. The quantitative estimate of drug-likeness (QED) is 0.556. The number of amides is 4. The number of hydrogen-bond acceptors (Lipinski definition) is 5. The smallest absolute Gasteiger partial charge is 0.255 e. The van der Waals surface area contributed by atoms with Gasteiger partial charge in [-0.25, -0.2) is 0 Å². The second kappa shape index (κ2) is 8.21. The summed E-state index contributed by atoms with van der Waals surface area (Å²) in [4.78, 5) is 47.8. The monoisotopic (exact) mass is 382 g/mol. The highest BCUT2D eigenvalue weighted by molar-refractivity contribution is 6.00. The summed E-state index contributed by atoms with van der Waals surface area (Å²) in [6, 6.07) is 11.1. The van der Waals surface area contributed by atoms with Crippen LogP contribution in [0.5, 0.6) is 5.75 Å². The highest BCUT2D eigenvalue weighted by Gasteiger charge is 2.17.